The Labute approximate surface area is 139 Å². The lowest BCUT2D eigenvalue weighted by Gasteiger charge is -2.37. The number of ether oxygens (including phenoxy) is 1. The third-order valence-corrected chi connectivity index (χ3v) is 5.51. The van der Waals surface area contributed by atoms with Crippen molar-refractivity contribution >= 4 is 5.91 Å². The molecule has 2 heterocycles. The van der Waals surface area contributed by atoms with Gasteiger partial charge in [-0.3, -0.25) is 9.69 Å². The van der Waals surface area contributed by atoms with Gasteiger partial charge in [0.1, 0.15) is 0 Å². The van der Waals surface area contributed by atoms with E-state index in [0.717, 1.165) is 38.0 Å². The fourth-order valence-electron chi connectivity index (χ4n) is 4.05. The average molecular weight is 316 g/mol. The van der Waals surface area contributed by atoms with Crippen molar-refractivity contribution in [1.29, 1.82) is 0 Å². The van der Waals surface area contributed by atoms with E-state index < -0.39 is 5.41 Å². The Bertz CT molecular complexity index is 511. The molecular formula is C19H28N2O2. The maximum atomic E-state index is 13.1. The maximum Gasteiger partial charge on any atom is 0.230 e. The maximum absolute atomic E-state index is 13.1. The Morgan fingerprint density at radius 3 is 2.74 bits per heavy atom. The first-order valence-corrected chi connectivity index (χ1v) is 8.92. The molecule has 2 fully saturated rings. The predicted octanol–water partition coefficient (Wildman–Crippen LogP) is 2.34. The molecule has 0 saturated carbocycles. The number of likely N-dealkylation sites (N-methyl/N-ethyl adjacent to an activating group) is 1. The number of hydrogen-bond donors (Lipinski definition) is 1. The van der Waals surface area contributed by atoms with Gasteiger partial charge in [0.05, 0.1) is 5.41 Å². The van der Waals surface area contributed by atoms with Crippen molar-refractivity contribution in [3.05, 3.63) is 35.9 Å². The SMILES string of the molecule is CCN1CCCC1CNC(=O)C1(c2ccccc2)CCOCC1. The number of carbonyl (C=O) groups is 1. The van der Waals surface area contributed by atoms with Crippen molar-refractivity contribution in [1.82, 2.24) is 10.2 Å². The fraction of sp³-hybridized carbons (Fsp3) is 0.632. The van der Waals surface area contributed by atoms with Crippen LogP contribution >= 0.6 is 0 Å². The summed E-state index contributed by atoms with van der Waals surface area (Å²) < 4.78 is 5.52. The van der Waals surface area contributed by atoms with Gasteiger partial charge >= 0.3 is 0 Å². The lowest BCUT2D eigenvalue weighted by atomic mass is 9.73. The zero-order chi connectivity index (χ0) is 16.1. The molecule has 0 aliphatic carbocycles. The largest absolute Gasteiger partial charge is 0.381 e. The first-order valence-electron chi connectivity index (χ1n) is 8.92. The van der Waals surface area contributed by atoms with Gasteiger partial charge in [0.2, 0.25) is 5.91 Å². The molecule has 1 aromatic carbocycles. The van der Waals surface area contributed by atoms with Crippen LogP contribution in [0.1, 0.15) is 38.2 Å². The van der Waals surface area contributed by atoms with E-state index in [4.69, 9.17) is 4.74 Å². The van der Waals surface area contributed by atoms with Crippen LogP contribution in [0.15, 0.2) is 30.3 Å². The summed E-state index contributed by atoms with van der Waals surface area (Å²) in [5.41, 5.74) is 0.703. The highest BCUT2D eigenvalue weighted by molar-refractivity contribution is 5.88. The van der Waals surface area contributed by atoms with Gasteiger partial charge in [-0.2, -0.15) is 0 Å². The molecule has 2 aliphatic rings. The lowest BCUT2D eigenvalue weighted by Crippen LogP contribution is -2.50. The Hall–Kier alpha value is -1.39. The van der Waals surface area contributed by atoms with Gasteiger partial charge < -0.3 is 10.1 Å². The molecule has 0 bridgehead atoms. The molecule has 1 N–H and O–H groups in total. The number of rotatable bonds is 5. The molecule has 3 rings (SSSR count). The van der Waals surface area contributed by atoms with Gasteiger partial charge in [-0.15, -0.1) is 0 Å². The first-order chi connectivity index (χ1) is 11.3. The standard InChI is InChI=1S/C19H28N2O2/c1-2-21-12-6-9-17(21)15-20-18(22)19(10-13-23-14-11-19)16-7-4-3-5-8-16/h3-5,7-8,17H,2,6,9-15H2,1H3,(H,20,22). The molecular weight excluding hydrogens is 288 g/mol. The lowest BCUT2D eigenvalue weighted by molar-refractivity contribution is -0.130. The van der Waals surface area contributed by atoms with Crippen LogP contribution in [-0.4, -0.2) is 49.7 Å². The van der Waals surface area contributed by atoms with E-state index in [9.17, 15) is 4.79 Å². The van der Waals surface area contributed by atoms with Crippen LogP contribution in [0.25, 0.3) is 0 Å². The predicted molar refractivity (Wildman–Crippen MR) is 91.5 cm³/mol. The van der Waals surface area contributed by atoms with Crippen molar-refractivity contribution in [2.45, 2.75) is 44.1 Å². The third-order valence-electron chi connectivity index (χ3n) is 5.51. The number of likely N-dealkylation sites (tertiary alicyclic amines) is 1. The molecule has 1 aromatic rings. The van der Waals surface area contributed by atoms with E-state index in [0.29, 0.717) is 19.3 Å². The van der Waals surface area contributed by atoms with E-state index in [1.54, 1.807) is 0 Å². The monoisotopic (exact) mass is 316 g/mol. The smallest absolute Gasteiger partial charge is 0.230 e. The summed E-state index contributed by atoms with van der Waals surface area (Å²) in [6.07, 6.45) is 3.97. The van der Waals surface area contributed by atoms with Crippen LogP contribution < -0.4 is 5.32 Å². The van der Waals surface area contributed by atoms with Gasteiger partial charge in [0, 0.05) is 25.8 Å². The van der Waals surface area contributed by atoms with Crippen molar-refractivity contribution in [2.24, 2.45) is 0 Å². The van der Waals surface area contributed by atoms with Crippen LogP contribution in [0.5, 0.6) is 0 Å². The number of amides is 1. The van der Waals surface area contributed by atoms with E-state index >= 15 is 0 Å². The highest BCUT2D eigenvalue weighted by Crippen LogP contribution is 2.35. The van der Waals surface area contributed by atoms with Crippen molar-refractivity contribution in [2.75, 3.05) is 32.8 Å². The normalized spacial score (nSPS) is 24.5. The number of nitrogens with zero attached hydrogens (tertiary/aromatic N) is 1. The molecule has 0 spiro atoms. The second-order valence-corrected chi connectivity index (χ2v) is 6.70. The molecule has 1 atom stereocenters. The molecule has 0 aromatic heterocycles. The Morgan fingerprint density at radius 1 is 1.30 bits per heavy atom. The van der Waals surface area contributed by atoms with Crippen LogP contribution in [-0.2, 0) is 14.9 Å². The van der Waals surface area contributed by atoms with Gasteiger partial charge in [0.15, 0.2) is 0 Å². The summed E-state index contributed by atoms with van der Waals surface area (Å²) in [4.78, 5) is 15.6. The van der Waals surface area contributed by atoms with Crippen LogP contribution in [0.3, 0.4) is 0 Å². The summed E-state index contributed by atoms with van der Waals surface area (Å²) in [6, 6.07) is 10.7. The van der Waals surface area contributed by atoms with Gasteiger partial charge in [0.25, 0.3) is 0 Å². The van der Waals surface area contributed by atoms with Crippen molar-refractivity contribution in [3.8, 4) is 0 Å². The Balaban J connectivity index is 1.71. The summed E-state index contributed by atoms with van der Waals surface area (Å²) in [7, 11) is 0. The molecule has 4 heteroatoms. The average Bonchev–Trinajstić information content (AvgIpc) is 3.08. The number of carbonyl (C=O) groups excluding carboxylic acids is 1. The van der Waals surface area contributed by atoms with Gasteiger partial charge in [-0.05, 0) is 44.3 Å². The second-order valence-electron chi connectivity index (χ2n) is 6.70. The summed E-state index contributed by atoms with van der Waals surface area (Å²) in [5.74, 6) is 0.176. The van der Waals surface area contributed by atoms with Crippen LogP contribution in [0.4, 0.5) is 0 Å². The van der Waals surface area contributed by atoms with E-state index in [1.165, 1.54) is 12.8 Å². The highest BCUT2D eigenvalue weighted by Gasteiger charge is 2.41. The molecule has 2 saturated heterocycles. The zero-order valence-electron chi connectivity index (χ0n) is 14.1. The topological polar surface area (TPSA) is 41.6 Å². The summed E-state index contributed by atoms with van der Waals surface area (Å²) in [6.45, 7) is 6.51. The molecule has 1 unspecified atom stereocenters. The Morgan fingerprint density at radius 2 is 2.04 bits per heavy atom. The number of benzene rings is 1. The minimum Gasteiger partial charge on any atom is -0.381 e. The quantitative estimate of drug-likeness (QED) is 0.906. The van der Waals surface area contributed by atoms with E-state index in [2.05, 4.69) is 29.3 Å². The van der Waals surface area contributed by atoms with E-state index in [-0.39, 0.29) is 5.91 Å². The van der Waals surface area contributed by atoms with Crippen molar-refractivity contribution < 1.29 is 9.53 Å². The number of nitrogens with one attached hydrogen (secondary N) is 1. The summed E-state index contributed by atoms with van der Waals surface area (Å²) in [5, 5.41) is 3.26. The van der Waals surface area contributed by atoms with Gasteiger partial charge in [-0.25, -0.2) is 0 Å². The summed E-state index contributed by atoms with van der Waals surface area (Å²) >= 11 is 0. The van der Waals surface area contributed by atoms with Crippen molar-refractivity contribution in [3.63, 3.8) is 0 Å². The van der Waals surface area contributed by atoms with Crippen LogP contribution in [0, 0.1) is 0 Å². The molecule has 2 aliphatic heterocycles. The number of hydrogen-bond acceptors (Lipinski definition) is 3. The second kappa shape index (κ2) is 7.45. The zero-order valence-corrected chi connectivity index (χ0v) is 14.1. The molecule has 4 nitrogen and oxygen atoms in total. The fourth-order valence-corrected chi connectivity index (χ4v) is 4.05. The third kappa shape index (κ3) is 3.43. The first kappa shape index (κ1) is 16.5. The minimum atomic E-state index is -0.421. The molecule has 23 heavy (non-hydrogen) atoms. The van der Waals surface area contributed by atoms with Crippen LogP contribution in [0.2, 0.25) is 0 Å². The van der Waals surface area contributed by atoms with Gasteiger partial charge in [-0.1, -0.05) is 37.3 Å². The molecule has 0 radical (unpaired) electrons. The van der Waals surface area contributed by atoms with E-state index in [1.807, 2.05) is 18.2 Å². The molecule has 126 valence electrons. The minimum absolute atomic E-state index is 0.176. The highest BCUT2D eigenvalue weighted by atomic mass is 16.5. The molecule has 1 amide bonds. The Kier molecular flexibility index (Phi) is 5.34.